The van der Waals surface area contributed by atoms with Gasteiger partial charge in [0.2, 0.25) is 5.91 Å². The van der Waals surface area contributed by atoms with Gasteiger partial charge in [-0.15, -0.1) is 0 Å². The van der Waals surface area contributed by atoms with Gasteiger partial charge in [-0.2, -0.15) is 13.2 Å². The number of alkyl halides is 3. The second kappa shape index (κ2) is 8.90. The normalized spacial score (nSPS) is 17.3. The molecule has 2 aromatic carbocycles. The van der Waals surface area contributed by atoms with E-state index in [1.165, 1.54) is 11.0 Å². The Morgan fingerprint density at radius 3 is 2.25 bits per heavy atom. The molecule has 4 rings (SSSR count). The quantitative estimate of drug-likeness (QED) is 0.685. The number of amides is 3. The molecule has 0 spiro atoms. The van der Waals surface area contributed by atoms with Gasteiger partial charge >= 0.3 is 12.2 Å². The minimum Gasteiger partial charge on any atom is -0.368 e. The van der Waals surface area contributed by atoms with Crippen LogP contribution in [-0.4, -0.2) is 67.6 Å². The Morgan fingerprint density at radius 2 is 1.59 bits per heavy atom. The number of halogens is 4. The van der Waals surface area contributed by atoms with E-state index in [-0.39, 0.29) is 18.5 Å². The molecule has 3 amide bonds. The summed E-state index contributed by atoms with van der Waals surface area (Å²) in [5.41, 5.74) is 0.524. The van der Waals surface area contributed by atoms with E-state index in [2.05, 4.69) is 0 Å². The molecule has 0 saturated carbocycles. The van der Waals surface area contributed by atoms with Crippen molar-refractivity contribution in [2.45, 2.75) is 6.18 Å². The third-order valence-electron chi connectivity index (χ3n) is 5.73. The molecule has 170 valence electrons. The van der Waals surface area contributed by atoms with Gasteiger partial charge in [-0.05, 0) is 42.5 Å². The van der Waals surface area contributed by atoms with Crippen LogP contribution >= 0.6 is 11.6 Å². The van der Waals surface area contributed by atoms with Crippen molar-refractivity contribution in [1.82, 2.24) is 9.80 Å². The Labute approximate surface area is 188 Å². The first kappa shape index (κ1) is 22.3. The number of rotatable bonds is 4. The van der Waals surface area contributed by atoms with E-state index in [1.807, 2.05) is 4.90 Å². The van der Waals surface area contributed by atoms with Crippen LogP contribution in [0.3, 0.4) is 0 Å². The Kier molecular flexibility index (Phi) is 6.19. The second-order valence-corrected chi connectivity index (χ2v) is 8.18. The Hall–Kier alpha value is -2.94. The van der Waals surface area contributed by atoms with Crippen molar-refractivity contribution in [3.05, 3.63) is 59.1 Å². The number of hydrogen-bond acceptors (Lipinski definition) is 3. The number of nitrogens with zero attached hydrogens (tertiary/aromatic N) is 4. The fraction of sp³-hybridized carbons (Fsp3) is 0.364. The zero-order valence-electron chi connectivity index (χ0n) is 17.2. The summed E-state index contributed by atoms with van der Waals surface area (Å²) in [5, 5.41) is 0.580. The van der Waals surface area contributed by atoms with Gasteiger partial charge in [-0.1, -0.05) is 17.7 Å². The standard InChI is InChI=1S/C22H22ClF3N4O2/c23-17-4-6-18(7-5-17)30-13-12-29(21(30)32)15-20(31)28-10-8-27(9-11-28)19-3-1-2-16(14-19)22(24,25)26/h1-7,14H,8-13,15H2. The molecule has 2 aliphatic rings. The fourth-order valence-electron chi connectivity index (χ4n) is 3.95. The highest BCUT2D eigenvalue weighted by Crippen LogP contribution is 2.32. The first-order chi connectivity index (χ1) is 15.2. The van der Waals surface area contributed by atoms with Crippen LogP contribution in [0.4, 0.5) is 29.3 Å². The molecule has 2 fully saturated rings. The van der Waals surface area contributed by atoms with Crippen molar-refractivity contribution in [1.29, 1.82) is 0 Å². The number of carbonyl (C=O) groups is 2. The first-order valence-corrected chi connectivity index (χ1v) is 10.6. The van der Waals surface area contributed by atoms with E-state index < -0.39 is 11.7 Å². The topological polar surface area (TPSA) is 47.1 Å². The van der Waals surface area contributed by atoms with Crippen LogP contribution in [0, 0.1) is 0 Å². The smallest absolute Gasteiger partial charge is 0.368 e. The summed E-state index contributed by atoms with van der Waals surface area (Å²) >= 11 is 5.90. The van der Waals surface area contributed by atoms with Gasteiger partial charge in [0.1, 0.15) is 6.54 Å². The van der Waals surface area contributed by atoms with Crippen molar-refractivity contribution in [2.75, 3.05) is 55.6 Å². The van der Waals surface area contributed by atoms with Crippen LogP contribution < -0.4 is 9.80 Å². The Bertz CT molecular complexity index is 991. The molecule has 0 aromatic heterocycles. The lowest BCUT2D eigenvalue weighted by Gasteiger charge is -2.37. The minimum absolute atomic E-state index is 0.0213. The predicted molar refractivity (Wildman–Crippen MR) is 116 cm³/mol. The molecule has 0 N–H and O–H groups in total. The molecule has 6 nitrogen and oxygen atoms in total. The monoisotopic (exact) mass is 466 g/mol. The molecule has 2 aromatic rings. The lowest BCUT2D eigenvalue weighted by molar-refractivity contribution is -0.137. The Balaban J connectivity index is 1.31. The van der Waals surface area contributed by atoms with E-state index in [4.69, 9.17) is 11.6 Å². The number of hydrogen-bond donors (Lipinski definition) is 0. The zero-order chi connectivity index (χ0) is 22.9. The van der Waals surface area contributed by atoms with Crippen LogP contribution in [0.15, 0.2) is 48.5 Å². The van der Waals surface area contributed by atoms with Crippen LogP contribution in [0.5, 0.6) is 0 Å². The van der Waals surface area contributed by atoms with Crippen molar-refractivity contribution in [2.24, 2.45) is 0 Å². The largest absolute Gasteiger partial charge is 0.416 e. The van der Waals surface area contributed by atoms with Gasteiger partial charge in [0.15, 0.2) is 0 Å². The van der Waals surface area contributed by atoms with Crippen molar-refractivity contribution < 1.29 is 22.8 Å². The lowest BCUT2D eigenvalue weighted by Crippen LogP contribution is -2.51. The first-order valence-electron chi connectivity index (χ1n) is 10.2. The molecule has 0 atom stereocenters. The molecule has 32 heavy (non-hydrogen) atoms. The van der Waals surface area contributed by atoms with Crippen LogP contribution in [-0.2, 0) is 11.0 Å². The SMILES string of the molecule is O=C(CN1CCN(c2ccc(Cl)cc2)C1=O)N1CCN(c2cccc(C(F)(F)F)c2)CC1. The maximum atomic E-state index is 13.0. The van der Waals surface area contributed by atoms with E-state index in [0.29, 0.717) is 50.0 Å². The van der Waals surface area contributed by atoms with Crippen molar-refractivity contribution >= 4 is 34.9 Å². The summed E-state index contributed by atoms with van der Waals surface area (Å²) in [4.78, 5) is 32.1. The third-order valence-corrected chi connectivity index (χ3v) is 5.98. The van der Waals surface area contributed by atoms with Gasteiger partial charge < -0.3 is 14.7 Å². The maximum absolute atomic E-state index is 13.0. The third kappa shape index (κ3) is 4.77. The average Bonchev–Trinajstić information content (AvgIpc) is 3.14. The molecule has 0 unspecified atom stereocenters. The summed E-state index contributed by atoms with van der Waals surface area (Å²) < 4.78 is 38.9. The van der Waals surface area contributed by atoms with E-state index in [9.17, 15) is 22.8 Å². The molecule has 2 saturated heterocycles. The van der Waals surface area contributed by atoms with Crippen LogP contribution in [0.25, 0.3) is 0 Å². The highest BCUT2D eigenvalue weighted by atomic mass is 35.5. The summed E-state index contributed by atoms with van der Waals surface area (Å²) in [6, 6.07) is 11.9. The van der Waals surface area contributed by atoms with Crippen molar-refractivity contribution in [3.8, 4) is 0 Å². The molecule has 0 radical (unpaired) electrons. The summed E-state index contributed by atoms with van der Waals surface area (Å²) in [6.07, 6.45) is -4.39. The van der Waals surface area contributed by atoms with Crippen LogP contribution in [0.1, 0.15) is 5.56 Å². The number of carbonyl (C=O) groups excluding carboxylic acids is 2. The zero-order valence-corrected chi connectivity index (χ0v) is 17.9. The molecular formula is C22H22ClF3N4O2. The molecular weight excluding hydrogens is 445 g/mol. The average molecular weight is 467 g/mol. The van der Waals surface area contributed by atoms with Crippen molar-refractivity contribution in [3.63, 3.8) is 0 Å². The minimum atomic E-state index is -4.39. The van der Waals surface area contributed by atoms with E-state index in [0.717, 1.165) is 17.8 Å². The predicted octanol–water partition coefficient (Wildman–Crippen LogP) is 3.95. The molecule has 2 aliphatic heterocycles. The number of anilines is 2. The Morgan fingerprint density at radius 1 is 0.906 bits per heavy atom. The van der Waals surface area contributed by atoms with Gasteiger partial charge in [-0.25, -0.2) is 4.79 Å². The van der Waals surface area contributed by atoms with Gasteiger partial charge in [0.25, 0.3) is 0 Å². The molecule has 10 heteroatoms. The van der Waals surface area contributed by atoms with E-state index in [1.54, 1.807) is 40.1 Å². The van der Waals surface area contributed by atoms with Gasteiger partial charge in [0.05, 0.1) is 5.56 Å². The maximum Gasteiger partial charge on any atom is 0.416 e. The number of urea groups is 1. The molecule has 2 heterocycles. The van der Waals surface area contributed by atoms with Crippen LogP contribution in [0.2, 0.25) is 5.02 Å². The summed E-state index contributed by atoms with van der Waals surface area (Å²) in [5.74, 6) is -0.167. The molecule has 0 aliphatic carbocycles. The highest BCUT2D eigenvalue weighted by molar-refractivity contribution is 6.30. The number of piperazine rings is 1. The lowest BCUT2D eigenvalue weighted by atomic mass is 10.1. The fourth-order valence-corrected chi connectivity index (χ4v) is 4.07. The van der Waals surface area contributed by atoms with E-state index >= 15 is 0 Å². The summed E-state index contributed by atoms with van der Waals surface area (Å²) in [6.45, 7) is 2.53. The second-order valence-electron chi connectivity index (χ2n) is 7.75. The van der Waals surface area contributed by atoms with Gasteiger partial charge in [0, 0.05) is 55.7 Å². The number of benzene rings is 2. The summed E-state index contributed by atoms with van der Waals surface area (Å²) in [7, 11) is 0. The molecule has 0 bridgehead atoms. The highest BCUT2D eigenvalue weighted by Gasteiger charge is 2.33. The van der Waals surface area contributed by atoms with Gasteiger partial charge in [-0.3, -0.25) is 9.69 Å².